The fourth-order valence-electron chi connectivity index (χ4n) is 1.44. The number of nitrogens with one attached hydrogen (secondary N) is 1. The first kappa shape index (κ1) is 12.4. The van der Waals surface area contributed by atoms with E-state index in [2.05, 4.69) is 43.1 Å². The second-order valence-corrected chi connectivity index (χ2v) is 5.51. The van der Waals surface area contributed by atoms with E-state index in [0.717, 1.165) is 27.8 Å². The lowest BCUT2D eigenvalue weighted by atomic mass is 10.2. The zero-order valence-corrected chi connectivity index (χ0v) is 12.0. The monoisotopic (exact) mass is 312 g/mol. The van der Waals surface area contributed by atoms with Crippen molar-refractivity contribution in [1.82, 2.24) is 15.0 Å². The van der Waals surface area contributed by atoms with Gasteiger partial charge in [-0.25, -0.2) is 15.0 Å². The third-order valence-corrected chi connectivity index (χ3v) is 3.68. The third-order valence-electron chi connectivity index (χ3n) is 2.27. The molecular weight excluding hydrogens is 300 g/mol. The molecule has 0 spiro atoms. The van der Waals surface area contributed by atoms with Gasteiger partial charge in [0.15, 0.2) is 0 Å². The van der Waals surface area contributed by atoms with Crippen LogP contribution in [0.5, 0.6) is 0 Å². The van der Waals surface area contributed by atoms with Crippen LogP contribution in [0.4, 0.5) is 5.82 Å². The number of anilines is 1. The largest absolute Gasteiger partial charge is 0.369 e. The number of thiazole rings is 1. The van der Waals surface area contributed by atoms with Crippen LogP contribution >= 0.6 is 27.3 Å². The molecule has 4 nitrogen and oxygen atoms in total. The maximum Gasteiger partial charge on any atom is 0.130 e. The van der Waals surface area contributed by atoms with Gasteiger partial charge in [-0.3, -0.25) is 0 Å². The van der Waals surface area contributed by atoms with Crippen LogP contribution in [0, 0.1) is 6.92 Å². The Morgan fingerprint density at radius 2 is 2.29 bits per heavy atom. The van der Waals surface area contributed by atoms with Gasteiger partial charge in [0.05, 0.1) is 5.01 Å². The molecule has 0 aliphatic carbocycles. The van der Waals surface area contributed by atoms with Crippen molar-refractivity contribution in [3.05, 3.63) is 33.1 Å². The van der Waals surface area contributed by atoms with Crippen LogP contribution in [-0.4, -0.2) is 21.5 Å². The van der Waals surface area contributed by atoms with Crippen molar-refractivity contribution in [1.29, 1.82) is 0 Å². The molecule has 0 bridgehead atoms. The van der Waals surface area contributed by atoms with Crippen LogP contribution in [0.3, 0.4) is 0 Å². The minimum Gasteiger partial charge on any atom is -0.369 e. The van der Waals surface area contributed by atoms with E-state index in [9.17, 15) is 0 Å². The van der Waals surface area contributed by atoms with E-state index in [-0.39, 0.29) is 0 Å². The number of rotatable bonds is 4. The van der Waals surface area contributed by atoms with Crippen LogP contribution < -0.4 is 5.32 Å². The van der Waals surface area contributed by atoms with Gasteiger partial charge in [0.25, 0.3) is 0 Å². The van der Waals surface area contributed by atoms with Crippen molar-refractivity contribution in [3.63, 3.8) is 0 Å². The molecular formula is C11H13BrN4S. The molecule has 2 heterocycles. The maximum atomic E-state index is 4.32. The molecule has 1 atom stereocenters. The topological polar surface area (TPSA) is 50.7 Å². The molecule has 1 unspecified atom stereocenters. The quantitative estimate of drug-likeness (QED) is 0.881. The Morgan fingerprint density at radius 3 is 2.94 bits per heavy atom. The normalized spacial score (nSPS) is 12.4. The van der Waals surface area contributed by atoms with Crippen LogP contribution in [0.15, 0.2) is 22.2 Å². The fourth-order valence-corrected chi connectivity index (χ4v) is 2.62. The van der Waals surface area contributed by atoms with E-state index in [4.69, 9.17) is 0 Å². The highest BCUT2D eigenvalue weighted by Gasteiger charge is 2.08. The molecule has 1 N–H and O–H groups in total. The zero-order chi connectivity index (χ0) is 12.3. The van der Waals surface area contributed by atoms with Crippen molar-refractivity contribution < 1.29 is 0 Å². The van der Waals surface area contributed by atoms with E-state index < -0.39 is 0 Å². The minimum absolute atomic E-state index is 0.379. The van der Waals surface area contributed by atoms with E-state index in [1.54, 1.807) is 11.3 Å². The molecule has 0 radical (unpaired) electrons. The molecule has 17 heavy (non-hydrogen) atoms. The first-order chi connectivity index (χ1) is 8.15. The number of hydrogen-bond donors (Lipinski definition) is 1. The van der Waals surface area contributed by atoms with Gasteiger partial charge in [-0.1, -0.05) is 6.92 Å². The Labute approximate surface area is 113 Å². The maximum absolute atomic E-state index is 4.32. The number of halogens is 1. The van der Waals surface area contributed by atoms with Crippen molar-refractivity contribution >= 4 is 33.1 Å². The van der Waals surface area contributed by atoms with E-state index in [0.29, 0.717) is 5.92 Å². The van der Waals surface area contributed by atoms with Crippen LogP contribution in [0.25, 0.3) is 0 Å². The smallest absolute Gasteiger partial charge is 0.130 e. The molecule has 0 amide bonds. The van der Waals surface area contributed by atoms with Gasteiger partial charge in [-0.2, -0.15) is 0 Å². The summed E-state index contributed by atoms with van der Waals surface area (Å²) < 4.78 is 0.800. The van der Waals surface area contributed by atoms with Gasteiger partial charge in [0.1, 0.15) is 16.2 Å². The summed E-state index contributed by atoms with van der Waals surface area (Å²) in [4.78, 5) is 12.8. The standard InChI is InChI=1S/C11H13BrN4S/c1-7(11-13-3-4-17-11)6-14-10-5-9(12)15-8(2)16-10/h3-5,7H,6H2,1-2H3,(H,14,15,16). The highest BCUT2D eigenvalue weighted by Crippen LogP contribution is 2.18. The van der Waals surface area contributed by atoms with Crippen molar-refractivity contribution in [2.24, 2.45) is 0 Å². The summed E-state index contributed by atoms with van der Waals surface area (Å²) in [5.41, 5.74) is 0. The molecule has 2 aromatic rings. The van der Waals surface area contributed by atoms with Gasteiger partial charge in [0, 0.05) is 30.1 Å². The van der Waals surface area contributed by atoms with Crippen molar-refractivity contribution in [2.75, 3.05) is 11.9 Å². The average molecular weight is 313 g/mol. The minimum atomic E-state index is 0.379. The summed E-state index contributed by atoms with van der Waals surface area (Å²) in [5, 5.41) is 6.44. The van der Waals surface area contributed by atoms with Gasteiger partial charge < -0.3 is 5.32 Å². The highest BCUT2D eigenvalue weighted by molar-refractivity contribution is 9.10. The molecule has 0 aromatic carbocycles. The predicted octanol–water partition coefficient (Wildman–Crippen LogP) is 3.22. The lowest BCUT2D eigenvalue weighted by Crippen LogP contribution is -2.11. The number of nitrogens with zero attached hydrogens (tertiary/aromatic N) is 3. The van der Waals surface area contributed by atoms with Crippen LogP contribution in [-0.2, 0) is 0 Å². The molecule has 0 saturated heterocycles. The molecule has 2 rings (SSSR count). The summed E-state index contributed by atoms with van der Waals surface area (Å²) in [6.07, 6.45) is 1.84. The van der Waals surface area contributed by atoms with Crippen LogP contribution in [0.1, 0.15) is 23.7 Å². The third kappa shape index (κ3) is 3.47. The summed E-state index contributed by atoms with van der Waals surface area (Å²) in [5.74, 6) is 1.97. The molecule has 90 valence electrons. The zero-order valence-electron chi connectivity index (χ0n) is 9.64. The average Bonchev–Trinajstić information content (AvgIpc) is 2.78. The molecule has 0 aliphatic rings. The number of aryl methyl sites for hydroxylation is 1. The molecule has 0 saturated carbocycles. The Balaban J connectivity index is 1.98. The van der Waals surface area contributed by atoms with Crippen molar-refractivity contribution in [2.45, 2.75) is 19.8 Å². The molecule has 6 heteroatoms. The molecule has 2 aromatic heterocycles. The van der Waals surface area contributed by atoms with Gasteiger partial charge >= 0.3 is 0 Å². The first-order valence-corrected chi connectivity index (χ1v) is 6.97. The van der Waals surface area contributed by atoms with E-state index >= 15 is 0 Å². The summed E-state index contributed by atoms with van der Waals surface area (Å²) in [7, 11) is 0. The molecule has 0 aliphatic heterocycles. The summed E-state index contributed by atoms with van der Waals surface area (Å²) >= 11 is 5.04. The Hall–Kier alpha value is -1.01. The van der Waals surface area contributed by atoms with E-state index in [1.807, 2.05) is 24.6 Å². The Kier molecular flexibility index (Phi) is 4.06. The second kappa shape index (κ2) is 5.55. The summed E-state index contributed by atoms with van der Waals surface area (Å²) in [6.45, 7) is 4.84. The lowest BCUT2D eigenvalue weighted by molar-refractivity contribution is 0.790. The summed E-state index contributed by atoms with van der Waals surface area (Å²) in [6, 6.07) is 1.88. The van der Waals surface area contributed by atoms with Gasteiger partial charge in [0.2, 0.25) is 0 Å². The predicted molar refractivity (Wildman–Crippen MR) is 73.5 cm³/mol. The van der Waals surface area contributed by atoms with Crippen molar-refractivity contribution in [3.8, 4) is 0 Å². The fraction of sp³-hybridized carbons (Fsp3) is 0.364. The van der Waals surface area contributed by atoms with E-state index in [1.165, 1.54) is 0 Å². The molecule has 0 fully saturated rings. The number of hydrogen-bond acceptors (Lipinski definition) is 5. The number of aromatic nitrogens is 3. The lowest BCUT2D eigenvalue weighted by Gasteiger charge is -2.11. The SMILES string of the molecule is Cc1nc(Br)cc(NCC(C)c2nccs2)n1. The van der Waals surface area contributed by atoms with Gasteiger partial charge in [-0.15, -0.1) is 11.3 Å². The Morgan fingerprint density at radius 1 is 1.47 bits per heavy atom. The van der Waals surface area contributed by atoms with Gasteiger partial charge in [-0.05, 0) is 22.9 Å². The highest BCUT2D eigenvalue weighted by atomic mass is 79.9. The Bertz CT molecular complexity index is 466. The van der Waals surface area contributed by atoms with Crippen LogP contribution in [0.2, 0.25) is 0 Å². The first-order valence-electron chi connectivity index (χ1n) is 5.29. The second-order valence-electron chi connectivity index (χ2n) is 3.78.